The van der Waals surface area contributed by atoms with Crippen LogP contribution in [0.1, 0.15) is 46.0 Å². The highest BCUT2D eigenvalue weighted by Gasteiger charge is 2.59. The molecule has 16 heavy (non-hydrogen) atoms. The molecule has 0 saturated heterocycles. The number of hydrogen-bond acceptors (Lipinski definition) is 1. The number of amides is 1. The van der Waals surface area contributed by atoms with Crippen molar-refractivity contribution in [3.63, 3.8) is 0 Å². The highest BCUT2D eigenvalue weighted by Crippen LogP contribution is 2.45. The van der Waals surface area contributed by atoms with Gasteiger partial charge in [-0.1, -0.05) is 20.3 Å². The molecule has 1 unspecified atom stereocenters. The summed E-state index contributed by atoms with van der Waals surface area (Å²) >= 11 is 0. The average molecular weight is 237 g/mol. The van der Waals surface area contributed by atoms with Gasteiger partial charge in [-0.25, -0.2) is 0 Å². The van der Waals surface area contributed by atoms with Crippen molar-refractivity contribution in [1.29, 1.82) is 0 Å². The lowest BCUT2D eigenvalue weighted by molar-refractivity contribution is -0.219. The van der Waals surface area contributed by atoms with Gasteiger partial charge in [-0.3, -0.25) is 4.79 Å². The Kier molecular flexibility index (Phi) is 3.86. The van der Waals surface area contributed by atoms with Gasteiger partial charge in [0.25, 0.3) is 0 Å². The van der Waals surface area contributed by atoms with Crippen LogP contribution in [0.15, 0.2) is 0 Å². The van der Waals surface area contributed by atoms with Crippen LogP contribution in [0.5, 0.6) is 0 Å². The van der Waals surface area contributed by atoms with Crippen molar-refractivity contribution in [3.8, 4) is 0 Å². The van der Waals surface area contributed by atoms with Crippen LogP contribution in [0.4, 0.5) is 13.2 Å². The Morgan fingerprint density at radius 3 is 2.31 bits per heavy atom. The van der Waals surface area contributed by atoms with Gasteiger partial charge >= 0.3 is 6.18 Å². The first-order valence-electron chi connectivity index (χ1n) is 5.71. The topological polar surface area (TPSA) is 29.1 Å². The number of rotatable bonds is 4. The first-order valence-corrected chi connectivity index (χ1v) is 5.71. The van der Waals surface area contributed by atoms with Gasteiger partial charge in [0.15, 0.2) is 0 Å². The summed E-state index contributed by atoms with van der Waals surface area (Å²) in [5.41, 5.74) is -1.94. The van der Waals surface area contributed by atoms with Gasteiger partial charge in [-0.2, -0.15) is 13.2 Å². The van der Waals surface area contributed by atoms with E-state index < -0.39 is 17.6 Å². The molecule has 94 valence electrons. The second-order valence-corrected chi connectivity index (χ2v) is 4.61. The molecule has 0 aromatic heterocycles. The minimum Gasteiger partial charge on any atom is -0.342 e. The lowest BCUT2D eigenvalue weighted by Crippen LogP contribution is -2.63. The van der Waals surface area contributed by atoms with E-state index in [0.717, 1.165) is 6.42 Å². The third-order valence-electron chi connectivity index (χ3n) is 3.28. The number of hydrogen-bond donors (Lipinski definition) is 1. The molecule has 1 saturated carbocycles. The van der Waals surface area contributed by atoms with Crippen molar-refractivity contribution in [3.05, 3.63) is 0 Å². The Morgan fingerprint density at radius 2 is 2.00 bits per heavy atom. The first kappa shape index (κ1) is 13.3. The second-order valence-electron chi connectivity index (χ2n) is 4.61. The van der Waals surface area contributed by atoms with Crippen molar-refractivity contribution in [2.75, 3.05) is 0 Å². The number of carbonyl (C=O) groups excluding carboxylic acids is 1. The van der Waals surface area contributed by atoms with E-state index in [1.807, 2.05) is 6.92 Å². The summed E-state index contributed by atoms with van der Waals surface area (Å²) in [5.74, 6) is -0.816. The third-order valence-corrected chi connectivity index (χ3v) is 3.28. The molecular formula is C11H18F3NO. The monoisotopic (exact) mass is 237 g/mol. The molecular weight excluding hydrogens is 219 g/mol. The Balaban J connectivity index is 2.61. The minimum absolute atomic E-state index is 0.0150. The summed E-state index contributed by atoms with van der Waals surface area (Å²) in [5, 5.41) is 2.19. The molecule has 1 fully saturated rings. The Labute approximate surface area is 93.6 Å². The first-order chi connectivity index (χ1) is 7.32. The van der Waals surface area contributed by atoms with E-state index in [4.69, 9.17) is 0 Å². The summed E-state index contributed by atoms with van der Waals surface area (Å²) in [6, 6.07) is 0. The van der Waals surface area contributed by atoms with Crippen LogP contribution < -0.4 is 5.32 Å². The van der Waals surface area contributed by atoms with E-state index in [0.29, 0.717) is 12.8 Å². The molecule has 5 heteroatoms. The van der Waals surface area contributed by atoms with Gasteiger partial charge in [0.1, 0.15) is 5.54 Å². The predicted molar refractivity (Wildman–Crippen MR) is 54.9 cm³/mol. The highest BCUT2D eigenvalue weighted by molar-refractivity contribution is 5.79. The summed E-state index contributed by atoms with van der Waals surface area (Å²) < 4.78 is 38.3. The molecule has 1 aliphatic carbocycles. The van der Waals surface area contributed by atoms with Crippen molar-refractivity contribution in [1.82, 2.24) is 5.32 Å². The Hall–Kier alpha value is -0.740. The average Bonchev–Trinajstić information content (AvgIpc) is 2.09. The molecule has 1 aliphatic rings. The zero-order valence-electron chi connectivity index (χ0n) is 9.66. The maximum absolute atomic E-state index is 12.8. The number of halogens is 3. The minimum atomic E-state index is -4.33. The van der Waals surface area contributed by atoms with Crippen molar-refractivity contribution >= 4 is 5.91 Å². The Bertz CT molecular complexity index is 258. The number of nitrogens with one attached hydrogen (secondary N) is 1. The van der Waals surface area contributed by atoms with Gasteiger partial charge in [0.05, 0.1) is 0 Å². The molecule has 0 bridgehead atoms. The summed E-state index contributed by atoms with van der Waals surface area (Å²) in [4.78, 5) is 11.6. The van der Waals surface area contributed by atoms with Crippen LogP contribution in [0.2, 0.25) is 0 Å². The van der Waals surface area contributed by atoms with Gasteiger partial charge in [0, 0.05) is 5.92 Å². The maximum atomic E-state index is 12.8. The molecule has 1 rings (SSSR count). The van der Waals surface area contributed by atoms with Crippen LogP contribution in [-0.4, -0.2) is 17.6 Å². The fraction of sp³-hybridized carbons (Fsp3) is 0.909. The SMILES string of the molecule is CCCC(C)C(=O)NC1(C(F)(F)F)CCC1. The molecule has 1 amide bonds. The molecule has 1 N–H and O–H groups in total. The van der Waals surface area contributed by atoms with E-state index in [1.54, 1.807) is 6.92 Å². The number of alkyl halides is 3. The van der Waals surface area contributed by atoms with Crippen molar-refractivity contribution in [2.45, 2.75) is 57.7 Å². The van der Waals surface area contributed by atoms with Gasteiger partial charge in [0.2, 0.25) is 5.91 Å². The third kappa shape index (κ3) is 2.50. The maximum Gasteiger partial charge on any atom is 0.411 e. The molecule has 0 aliphatic heterocycles. The van der Waals surface area contributed by atoms with Crippen LogP contribution in [0, 0.1) is 5.92 Å². The molecule has 0 heterocycles. The fourth-order valence-corrected chi connectivity index (χ4v) is 1.93. The zero-order valence-corrected chi connectivity index (χ0v) is 9.66. The molecule has 2 nitrogen and oxygen atoms in total. The predicted octanol–water partition coefficient (Wildman–Crippen LogP) is 3.02. The van der Waals surface area contributed by atoms with Gasteiger partial charge in [-0.15, -0.1) is 0 Å². The van der Waals surface area contributed by atoms with Crippen LogP contribution >= 0.6 is 0 Å². The van der Waals surface area contributed by atoms with Crippen molar-refractivity contribution < 1.29 is 18.0 Å². The van der Waals surface area contributed by atoms with E-state index in [2.05, 4.69) is 5.32 Å². The normalized spacial score (nSPS) is 21.1. The van der Waals surface area contributed by atoms with Crippen LogP contribution in [0.3, 0.4) is 0 Å². The fourth-order valence-electron chi connectivity index (χ4n) is 1.93. The quantitative estimate of drug-likeness (QED) is 0.800. The molecule has 1 atom stereocenters. The van der Waals surface area contributed by atoms with E-state index in [-0.39, 0.29) is 18.8 Å². The highest BCUT2D eigenvalue weighted by atomic mass is 19.4. The molecule has 0 radical (unpaired) electrons. The van der Waals surface area contributed by atoms with E-state index in [9.17, 15) is 18.0 Å². The van der Waals surface area contributed by atoms with E-state index in [1.165, 1.54) is 0 Å². The zero-order chi connectivity index (χ0) is 12.4. The standard InChI is InChI=1S/C11H18F3NO/c1-3-5-8(2)9(16)15-10(6-4-7-10)11(12,13)14/h8H,3-7H2,1-2H3,(H,15,16). The summed E-state index contributed by atoms with van der Waals surface area (Å²) in [6.07, 6.45) is -2.34. The summed E-state index contributed by atoms with van der Waals surface area (Å²) in [7, 11) is 0. The molecule has 0 aromatic rings. The Morgan fingerprint density at radius 1 is 1.44 bits per heavy atom. The second kappa shape index (κ2) is 4.63. The number of carbonyl (C=O) groups is 1. The summed E-state index contributed by atoms with van der Waals surface area (Å²) in [6.45, 7) is 3.58. The molecule has 0 spiro atoms. The lowest BCUT2D eigenvalue weighted by atomic mass is 9.75. The smallest absolute Gasteiger partial charge is 0.342 e. The van der Waals surface area contributed by atoms with Crippen LogP contribution in [0.25, 0.3) is 0 Å². The van der Waals surface area contributed by atoms with Gasteiger partial charge in [-0.05, 0) is 25.7 Å². The van der Waals surface area contributed by atoms with Crippen molar-refractivity contribution in [2.24, 2.45) is 5.92 Å². The van der Waals surface area contributed by atoms with Gasteiger partial charge < -0.3 is 5.32 Å². The molecule has 0 aromatic carbocycles. The lowest BCUT2D eigenvalue weighted by Gasteiger charge is -2.44. The largest absolute Gasteiger partial charge is 0.411 e. The van der Waals surface area contributed by atoms with E-state index >= 15 is 0 Å². The van der Waals surface area contributed by atoms with Crippen LogP contribution in [-0.2, 0) is 4.79 Å².